The first-order chi connectivity index (χ1) is 10.2. The molecule has 0 aliphatic carbocycles. The van der Waals surface area contributed by atoms with Crippen molar-refractivity contribution >= 4 is 21.6 Å². The first-order valence-electron chi connectivity index (χ1n) is 6.34. The van der Waals surface area contributed by atoms with E-state index >= 15 is 0 Å². The van der Waals surface area contributed by atoms with Gasteiger partial charge in [0.2, 0.25) is 10.0 Å². The maximum Gasteiger partial charge on any atom is 0.245 e. The third-order valence-corrected chi connectivity index (χ3v) is 5.21. The summed E-state index contributed by atoms with van der Waals surface area (Å²) >= 11 is 5.93. The highest BCUT2D eigenvalue weighted by molar-refractivity contribution is 7.89. The minimum Gasteiger partial charge on any atom is -0.387 e. The summed E-state index contributed by atoms with van der Waals surface area (Å²) in [6.45, 7) is 1.26. The van der Waals surface area contributed by atoms with Crippen LogP contribution in [-0.4, -0.2) is 29.8 Å². The number of aryl methyl sites for hydroxylation is 2. The van der Waals surface area contributed by atoms with E-state index in [1.807, 2.05) is 0 Å². The van der Waals surface area contributed by atoms with Gasteiger partial charge in [0.15, 0.2) is 0 Å². The van der Waals surface area contributed by atoms with Crippen LogP contribution in [0.25, 0.3) is 0 Å². The van der Waals surface area contributed by atoms with Crippen molar-refractivity contribution in [1.82, 2.24) is 14.5 Å². The van der Waals surface area contributed by atoms with E-state index in [2.05, 4.69) is 9.82 Å². The van der Waals surface area contributed by atoms with Crippen LogP contribution in [0.4, 0.5) is 4.39 Å². The van der Waals surface area contributed by atoms with Crippen LogP contribution >= 0.6 is 11.6 Å². The van der Waals surface area contributed by atoms with Gasteiger partial charge in [0, 0.05) is 13.6 Å². The number of halogens is 2. The molecule has 0 saturated heterocycles. The number of aliphatic hydroxyl groups excluding tert-OH is 1. The molecule has 1 unspecified atom stereocenters. The summed E-state index contributed by atoms with van der Waals surface area (Å²) in [6, 6.07) is 5.15. The van der Waals surface area contributed by atoms with Gasteiger partial charge in [-0.15, -0.1) is 0 Å². The summed E-state index contributed by atoms with van der Waals surface area (Å²) in [5, 5.41) is 13.9. The van der Waals surface area contributed by atoms with Gasteiger partial charge >= 0.3 is 0 Å². The molecular weight excluding hydrogens is 333 g/mol. The van der Waals surface area contributed by atoms with E-state index in [1.54, 1.807) is 0 Å². The van der Waals surface area contributed by atoms with E-state index in [0.717, 1.165) is 0 Å². The largest absolute Gasteiger partial charge is 0.387 e. The Morgan fingerprint density at radius 3 is 2.50 bits per heavy atom. The van der Waals surface area contributed by atoms with Crippen LogP contribution in [0.5, 0.6) is 0 Å². The third kappa shape index (κ3) is 3.46. The monoisotopic (exact) mass is 347 g/mol. The first kappa shape index (κ1) is 16.9. The zero-order chi connectivity index (χ0) is 16.5. The summed E-state index contributed by atoms with van der Waals surface area (Å²) < 4.78 is 40.9. The molecule has 0 aliphatic rings. The molecule has 1 aromatic heterocycles. The van der Waals surface area contributed by atoms with Gasteiger partial charge < -0.3 is 5.11 Å². The van der Waals surface area contributed by atoms with Crippen molar-refractivity contribution < 1.29 is 17.9 Å². The topological polar surface area (TPSA) is 84.2 Å². The molecule has 6 nitrogen and oxygen atoms in total. The molecule has 120 valence electrons. The van der Waals surface area contributed by atoms with Crippen molar-refractivity contribution in [2.24, 2.45) is 7.05 Å². The number of aromatic nitrogens is 2. The molecule has 0 aliphatic heterocycles. The van der Waals surface area contributed by atoms with E-state index in [4.69, 9.17) is 11.6 Å². The number of nitrogens with one attached hydrogen (secondary N) is 1. The first-order valence-corrected chi connectivity index (χ1v) is 8.21. The molecule has 0 bridgehead atoms. The molecule has 2 rings (SSSR count). The summed E-state index contributed by atoms with van der Waals surface area (Å²) in [6.07, 6.45) is -1.11. The molecule has 0 fully saturated rings. The van der Waals surface area contributed by atoms with Crippen LogP contribution in [0.1, 0.15) is 17.4 Å². The number of sulfonamides is 1. The number of benzene rings is 1. The fraction of sp³-hybridized carbons (Fsp3) is 0.308. The number of hydrogen-bond acceptors (Lipinski definition) is 4. The molecule has 2 N–H and O–H groups in total. The van der Waals surface area contributed by atoms with Crippen molar-refractivity contribution in [1.29, 1.82) is 0 Å². The quantitative estimate of drug-likeness (QED) is 0.859. The van der Waals surface area contributed by atoms with E-state index < -0.39 is 21.9 Å². The van der Waals surface area contributed by atoms with Gasteiger partial charge in [0.1, 0.15) is 15.9 Å². The lowest BCUT2D eigenvalue weighted by Gasteiger charge is -2.12. The summed E-state index contributed by atoms with van der Waals surface area (Å²) in [4.78, 5) is -0.122. The fourth-order valence-corrected chi connectivity index (χ4v) is 3.76. The zero-order valence-electron chi connectivity index (χ0n) is 11.9. The molecule has 22 heavy (non-hydrogen) atoms. The Morgan fingerprint density at radius 1 is 1.41 bits per heavy atom. The molecule has 0 saturated carbocycles. The highest BCUT2D eigenvalue weighted by Gasteiger charge is 2.25. The van der Waals surface area contributed by atoms with Gasteiger partial charge in [-0.1, -0.05) is 23.7 Å². The molecule has 2 aromatic rings. The Bertz CT molecular complexity index is 775. The smallest absolute Gasteiger partial charge is 0.245 e. The van der Waals surface area contributed by atoms with Crippen LogP contribution in [0, 0.1) is 12.7 Å². The van der Waals surface area contributed by atoms with Crippen LogP contribution in [0.15, 0.2) is 29.2 Å². The molecule has 9 heteroatoms. The van der Waals surface area contributed by atoms with Gasteiger partial charge in [-0.2, -0.15) is 5.10 Å². The fourth-order valence-electron chi connectivity index (χ4n) is 1.98. The second kappa shape index (κ2) is 6.33. The van der Waals surface area contributed by atoms with Crippen molar-refractivity contribution in [3.63, 3.8) is 0 Å². The standard InChI is InChI=1S/C13H15ClFN3O3S/c1-8-12(13(14)18(2)17-8)22(20,21)16-7-11(19)9-3-5-10(15)6-4-9/h3-6,11,16,19H,7H2,1-2H3. The van der Waals surface area contributed by atoms with Crippen molar-refractivity contribution in [3.8, 4) is 0 Å². The molecular formula is C13H15ClFN3O3S. The van der Waals surface area contributed by atoms with E-state index in [1.165, 1.54) is 42.9 Å². The van der Waals surface area contributed by atoms with Crippen molar-refractivity contribution in [2.75, 3.05) is 6.54 Å². The average molecular weight is 348 g/mol. The number of hydrogen-bond donors (Lipinski definition) is 2. The van der Waals surface area contributed by atoms with Crippen molar-refractivity contribution in [3.05, 3.63) is 46.5 Å². The molecule has 1 aromatic carbocycles. The SMILES string of the molecule is Cc1nn(C)c(Cl)c1S(=O)(=O)NCC(O)c1ccc(F)cc1. The highest BCUT2D eigenvalue weighted by atomic mass is 35.5. The van der Waals surface area contributed by atoms with E-state index in [-0.39, 0.29) is 22.3 Å². The van der Waals surface area contributed by atoms with Gasteiger partial charge in [-0.3, -0.25) is 4.68 Å². The predicted molar refractivity (Wildman–Crippen MR) is 79.5 cm³/mol. The maximum absolute atomic E-state index is 12.8. The van der Waals surface area contributed by atoms with Gasteiger partial charge in [0.25, 0.3) is 0 Å². The molecule has 0 spiro atoms. The average Bonchev–Trinajstić information content (AvgIpc) is 2.71. The lowest BCUT2D eigenvalue weighted by molar-refractivity contribution is 0.182. The van der Waals surface area contributed by atoms with Gasteiger partial charge in [-0.05, 0) is 24.6 Å². The Hall–Kier alpha value is -1.48. The number of nitrogens with zero attached hydrogens (tertiary/aromatic N) is 2. The van der Waals surface area contributed by atoms with Crippen LogP contribution in [0.2, 0.25) is 5.15 Å². The maximum atomic E-state index is 12.8. The normalized spacial score (nSPS) is 13.3. The molecule has 1 heterocycles. The van der Waals surface area contributed by atoms with Crippen LogP contribution in [0.3, 0.4) is 0 Å². The van der Waals surface area contributed by atoms with E-state index in [0.29, 0.717) is 5.56 Å². The zero-order valence-corrected chi connectivity index (χ0v) is 13.5. The second-order valence-electron chi connectivity index (χ2n) is 4.75. The minimum absolute atomic E-state index is 0.0127. The van der Waals surface area contributed by atoms with Crippen molar-refractivity contribution in [2.45, 2.75) is 17.9 Å². The Balaban J connectivity index is 2.14. The number of rotatable bonds is 5. The lowest BCUT2D eigenvalue weighted by atomic mass is 10.1. The Morgan fingerprint density at radius 2 is 2.00 bits per heavy atom. The third-order valence-electron chi connectivity index (χ3n) is 3.09. The Labute approximate surface area is 132 Å². The summed E-state index contributed by atoms with van der Waals surface area (Å²) in [7, 11) is -2.38. The van der Waals surface area contributed by atoms with E-state index in [9.17, 15) is 17.9 Å². The van der Waals surface area contributed by atoms with Crippen LogP contribution in [-0.2, 0) is 17.1 Å². The summed E-state index contributed by atoms with van der Waals surface area (Å²) in [5.74, 6) is -0.436. The van der Waals surface area contributed by atoms with Gasteiger partial charge in [-0.25, -0.2) is 17.5 Å². The predicted octanol–water partition coefficient (Wildman–Crippen LogP) is 1.53. The van der Waals surface area contributed by atoms with Crippen LogP contribution < -0.4 is 4.72 Å². The number of aliphatic hydroxyl groups is 1. The minimum atomic E-state index is -3.91. The second-order valence-corrected chi connectivity index (χ2v) is 6.81. The van der Waals surface area contributed by atoms with Gasteiger partial charge in [0.05, 0.1) is 11.8 Å². The highest BCUT2D eigenvalue weighted by Crippen LogP contribution is 2.24. The Kier molecular flexibility index (Phi) is 4.86. The molecule has 1 atom stereocenters. The lowest BCUT2D eigenvalue weighted by Crippen LogP contribution is -2.29. The molecule has 0 radical (unpaired) electrons. The summed E-state index contributed by atoms with van der Waals surface area (Å²) in [5.41, 5.74) is 0.661. The molecule has 0 amide bonds.